The number of pyridine rings is 1. The average molecular weight is 271 g/mol. The fourth-order valence-corrected chi connectivity index (χ4v) is 2.54. The molecule has 0 saturated carbocycles. The number of para-hydroxylation sites is 1. The fourth-order valence-electron chi connectivity index (χ4n) is 2.54. The van der Waals surface area contributed by atoms with Crippen molar-refractivity contribution in [1.82, 2.24) is 14.8 Å². The summed E-state index contributed by atoms with van der Waals surface area (Å²) >= 11 is 0. The summed E-state index contributed by atoms with van der Waals surface area (Å²) in [5.41, 5.74) is 4.18. The van der Waals surface area contributed by atoms with Crippen LogP contribution in [0.25, 0.3) is 27.8 Å². The lowest BCUT2D eigenvalue weighted by atomic mass is 10.1. The van der Waals surface area contributed by atoms with Gasteiger partial charge in [0, 0.05) is 23.3 Å². The molecule has 0 amide bonds. The normalized spacial score (nSPS) is 10.9. The molecule has 4 rings (SSSR count). The highest BCUT2D eigenvalue weighted by Crippen LogP contribution is 2.28. The van der Waals surface area contributed by atoms with Gasteiger partial charge in [-0.1, -0.05) is 48.5 Å². The highest BCUT2D eigenvalue weighted by Gasteiger charge is 2.12. The molecule has 0 bridgehead atoms. The molecule has 2 aromatic heterocycles. The van der Waals surface area contributed by atoms with Gasteiger partial charge in [-0.2, -0.15) is 5.10 Å². The second kappa shape index (κ2) is 4.87. The summed E-state index contributed by atoms with van der Waals surface area (Å²) in [5.74, 6) is 0. The van der Waals surface area contributed by atoms with Gasteiger partial charge in [-0.25, -0.2) is 4.68 Å². The third-order valence-corrected chi connectivity index (χ3v) is 3.53. The number of aromatic nitrogens is 3. The van der Waals surface area contributed by atoms with Gasteiger partial charge in [-0.05, 0) is 18.2 Å². The summed E-state index contributed by atoms with van der Waals surface area (Å²) < 4.78 is 1.97. The molecule has 4 aromatic rings. The molecule has 0 aliphatic heterocycles. The molecule has 3 heteroatoms. The first-order chi connectivity index (χ1) is 10.4. The summed E-state index contributed by atoms with van der Waals surface area (Å²) in [6.45, 7) is 0. The number of hydrogen-bond donors (Lipinski definition) is 0. The summed E-state index contributed by atoms with van der Waals surface area (Å²) in [7, 11) is 0. The summed E-state index contributed by atoms with van der Waals surface area (Å²) in [6, 6.07) is 22.4. The lowest BCUT2D eigenvalue weighted by Gasteiger charge is -2.02. The van der Waals surface area contributed by atoms with Crippen LogP contribution >= 0.6 is 0 Å². The lowest BCUT2D eigenvalue weighted by Crippen LogP contribution is -1.95. The maximum absolute atomic E-state index is 4.81. The van der Waals surface area contributed by atoms with Gasteiger partial charge in [0.15, 0.2) is 0 Å². The lowest BCUT2D eigenvalue weighted by molar-refractivity contribution is 0.915. The third kappa shape index (κ3) is 1.99. The third-order valence-electron chi connectivity index (χ3n) is 3.53. The molecule has 0 aliphatic rings. The van der Waals surface area contributed by atoms with E-state index in [9.17, 15) is 0 Å². The summed E-state index contributed by atoms with van der Waals surface area (Å²) in [5, 5.41) is 5.87. The van der Waals surface area contributed by atoms with E-state index >= 15 is 0 Å². The van der Waals surface area contributed by atoms with Gasteiger partial charge in [-0.3, -0.25) is 4.98 Å². The predicted molar refractivity (Wildman–Crippen MR) is 84.3 cm³/mol. The Morgan fingerprint density at radius 1 is 0.762 bits per heavy atom. The van der Waals surface area contributed by atoms with E-state index in [1.165, 1.54) is 0 Å². The van der Waals surface area contributed by atoms with Crippen LogP contribution in [0.2, 0.25) is 0 Å². The van der Waals surface area contributed by atoms with Crippen LogP contribution < -0.4 is 0 Å². The Balaban J connectivity index is 2.02. The number of nitrogens with zero attached hydrogens (tertiary/aromatic N) is 3. The molecule has 100 valence electrons. The predicted octanol–water partition coefficient (Wildman–Crippen LogP) is 4.09. The molecule has 3 nitrogen and oxygen atoms in total. The Labute approximate surface area is 122 Å². The van der Waals surface area contributed by atoms with E-state index < -0.39 is 0 Å². The zero-order valence-corrected chi connectivity index (χ0v) is 11.3. The molecular weight excluding hydrogens is 258 g/mol. The van der Waals surface area contributed by atoms with Crippen molar-refractivity contribution < 1.29 is 0 Å². The Kier molecular flexibility index (Phi) is 2.75. The van der Waals surface area contributed by atoms with E-state index in [1.54, 1.807) is 6.20 Å². The fraction of sp³-hybridized carbons (Fsp3) is 0. The Bertz CT molecular complexity index is 807. The summed E-state index contributed by atoms with van der Waals surface area (Å²) in [6.07, 6.45) is 3.68. The van der Waals surface area contributed by atoms with Gasteiger partial charge in [0.05, 0.1) is 11.2 Å². The molecule has 2 heterocycles. The quantitative estimate of drug-likeness (QED) is 0.550. The molecule has 21 heavy (non-hydrogen) atoms. The van der Waals surface area contributed by atoms with Crippen molar-refractivity contribution in [1.29, 1.82) is 0 Å². The van der Waals surface area contributed by atoms with Crippen molar-refractivity contribution in [2.75, 3.05) is 0 Å². The van der Waals surface area contributed by atoms with Gasteiger partial charge in [0.25, 0.3) is 0 Å². The highest BCUT2D eigenvalue weighted by atomic mass is 15.3. The highest BCUT2D eigenvalue weighted by molar-refractivity contribution is 5.93. The second-order valence-corrected chi connectivity index (χ2v) is 4.85. The molecule has 0 unspecified atom stereocenters. The first-order valence-electron chi connectivity index (χ1n) is 6.87. The van der Waals surface area contributed by atoms with E-state index in [-0.39, 0.29) is 0 Å². The Morgan fingerprint density at radius 3 is 2.24 bits per heavy atom. The molecule has 0 aliphatic carbocycles. The van der Waals surface area contributed by atoms with Crippen LogP contribution in [0.15, 0.2) is 79.1 Å². The molecule has 0 saturated heterocycles. The molecule has 0 radical (unpaired) electrons. The van der Waals surface area contributed by atoms with Crippen molar-refractivity contribution in [2.24, 2.45) is 0 Å². The molecule has 0 fully saturated rings. The summed E-state index contributed by atoms with van der Waals surface area (Å²) in [4.78, 5) is 4.25. The Morgan fingerprint density at radius 2 is 1.48 bits per heavy atom. The Hall–Kier alpha value is -2.94. The smallest absolute Gasteiger partial charge is 0.102 e. The van der Waals surface area contributed by atoms with Gasteiger partial charge in [-0.15, -0.1) is 0 Å². The van der Waals surface area contributed by atoms with E-state index in [1.807, 2.05) is 53.3 Å². The van der Waals surface area contributed by atoms with Crippen LogP contribution in [0.3, 0.4) is 0 Å². The average Bonchev–Trinajstić information content (AvgIpc) is 2.96. The van der Waals surface area contributed by atoms with Gasteiger partial charge in [0.2, 0.25) is 0 Å². The van der Waals surface area contributed by atoms with Crippen molar-refractivity contribution in [3.05, 3.63) is 79.1 Å². The first kappa shape index (κ1) is 11.9. The van der Waals surface area contributed by atoms with E-state index in [2.05, 4.69) is 29.2 Å². The van der Waals surface area contributed by atoms with E-state index in [0.717, 1.165) is 27.8 Å². The molecule has 2 aromatic carbocycles. The van der Waals surface area contributed by atoms with Crippen LogP contribution in [-0.2, 0) is 0 Å². The van der Waals surface area contributed by atoms with Crippen LogP contribution in [-0.4, -0.2) is 14.8 Å². The molecule has 0 atom stereocenters. The number of fused-ring (bicyclic) bond motifs is 1. The van der Waals surface area contributed by atoms with Crippen LogP contribution in [0.1, 0.15) is 0 Å². The monoisotopic (exact) mass is 271 g/mol. The zero-order chi connectivity index (χ0) is 14.1. The van der Waals surface area contributed by atoms with E-state index in [4.69, 9.17) is 5.10 Å². The minimum atomic E-state index is 0.961. The number of hydrogen-bond acceptors (Lipinski definition) is 2. The molecular formula is C18H13N3. The first-order valence-corrected chi connectivity index (χ1v) is 6.87. The minimum absolute atomic E-state index is 0.961. The molecule has 0 spiro atoms. The maximum atomic E-state index is 4.81. The van der Waals surface area contributed by atoms with Crippen molar-refractivity contribution in [3.63, 3.8) is 0 Å². The largest absolute Gasteiger partial charge is 0.264 e. The number of benzene rings is 2. The van der Waals surface area contributed by atoms with Gasteiger partial charge < -0.3 is 0 Å². The van der Waals surface area contributed by atoms with Crippen LogP contribution in [0.4, 0.5) is 0 Å². The van der Waals surface area contributed by atoms with Crippen molar-refractivity contribution >= 4 is 10.9 Å². The zero-order valence-electron chi connectivity index (χ0n) is 11.3. The standard InChI is InChI=1S/C18H13N3/c1-3-7-14(8-4-1)18-16-13-19-12-11-17(16)21(20-18)15-9-5-2-6-10-15/h1-13H. The van der Waals surface area contributed by atoms with Crippen molar-refractivity contribution in [3.8, 4) is 16.9 Å². The van der Waals surface area contributed by atoms with Crippen LogP contribution in [0.5, 0.6) is 0 Å². The van der Waals surface area contributed by atoms with Gasteiger partial charge in [0.1, 0.15) is 5.69 Å². The van der Waals surface area contributed by atoms with Crippen molar-refractivity contribution in [2.45, 2.75) is 0 Å². The van der Waals surface area contributed by atoms with Gasteiger partial charge >= 0.3 is 0 Å². The van der Waals surface area contributed by atoms with Crippen LogP contribution in [0, 0.1) is 0 Å². The SMILES string of the molecule is c1ccc(-c2nn(-c3ccccc3)c3ccncc23)cc1. The second-order valence-electron chi connectivity index (χ2n) is 4.85. The topological polar surface area (TPSA) is 30.7 Å². The number of rotatable bonds is 2. The van der Waals surface area contributed by atoms with E-state index in [0.29, 0.717) is 0 Å². The maximum Gasteiger partial charge on any atom is 0.102 e. The molecule has 0 N–H and O–H groups in total. The minimum Gasteiger partial charge on any atom is -0.264 e.